The molecule has 82 valence electrons. The molecule has 2 aliphatic rings. The van der Waals surface area contributed by atoms with Gasteiger partial charge in [-0.25, -0.2) is 0 Å². The molecule has 0 spiro atoms. The quantitative estimate of drug-likeness (QED) is 0.711. The van der Waals surface area contributed by atoms with Gasteiger partial charge in [-0.1, -0.05) is 18.2 Å². The van der Waals surface area contributed by atoms with Crippen molar-refractivity contribution in [3.63, 3.8) is 0 Å². The molecule has 1 saturated heterocycles. The van der Waals surface area contributed by atoms with Crippen LogP contribution in [-0.4, -0.2) is 22.5 Å². The van der Waals surface area contributed by atoms with E-state index in [1.165, 1.54) is 42.4 Å². The van der Waals surface area contributed by atoms with Crippen LogP contribution >= 0.6 is 0 Å². The van der Waals surface area contributed by atoms with Crippen molar-refractivity contribution in [2.75, 3.05) is 6.54 Å². The van der Waals surface area contributed by atoms with Crippen LogP contribution in [0.3, 0.4) is 0 Å². The lowest BCUT2D eigenvalue weighted by Gasteiger charge is -2.29. The number of nitrogens with one attached hydrogen (secondary N) is 1. The molecule has 1 aromatic heterocycles. The Balaban J connectivity index is 1.89. The molecule has 0 amide bonds. The highest BCUT2D eigenvalue weighted by Crippen LogP contribution is 2.33. The van der Waals surface area contributed by atoms with E-state index in [1.807, 2.05) is 0 Å². The van der Waals surface area contributed by atoms with Gasteiger partial charge in [-0.3, -0.25) is 4.90 Å². The largest absolute Gasteiger partial charge is 0.357 e. The zero-order chi connectivity index (χ0) is 10.5. The van der Waals surface area contributed by atoms with Gasteiger partial charge in [-0.15, -0.1) is 0 Å². The van der Waals surface area contributed by atoms with Crippen LogP contribution < -0.4 is 0 Å². The van der Waals surface area contributed by atoms with Gasteiger partial charge in [-0.05, 0) is 37.4 Å². The Bertz CT molecular complexity index is 541. The number of rotatable bonds is 0. The molecular weight excluding hydrogens is 196 g/mol. The van der Waals surface area contributed by atoms with E-state index in [-0.39, 0.29) is 0 Å². The number of nitrogens with zero attached hydrogens (tertiary/aromatic N) is 1. The molecule has 1 unspecified atom stereocenters. The third-order valence-electron chi connectivity index (χ3n) is 4.20. The Morgan fingerprint density at radius 1 is 1.25 bits per heavy atom. The van der Waals surface area contributed by atoms with Gasteiger partial charge in [0, 0.05) is 29.2 Å². The van der Waals surface area contributed by atoms with Crippen LogP contribution in [0.15, 0.2) is 24.3 Å². The molecule has 16 heavy (non-hydrogen) atoms. The van der Waals surface area contributed by atoms with Crippen molar-refractivity contribution < 1.29 is 0 Å². The van der Waals surface area contributed by atoms with Crippen LogP contribution in [0.4, 0.5) is 0 Å². The van der Waals surface area contributed by atoms with Gasteiger partial charge in [0.05, 0.1) is 0 Å². The number of para-hydroxylation sites is 1. The van der Waals surface area contributed by atoms with Crippen molar-refractivity contribution in [3.8, 4) is 0 Å². The van der Waals surface area contributed by atoms with Crippen LogP contribution in [0, 0.1) is 0 Å². The molecule has 4 rings (SSSR count). The number of aromatic nitrogens is 1. The van der Waals surface area contributed by atoms with Crippen LogP contribution in [0.1, 0.15) is 24.1 Å². The molecule has 0 aliphatic carbocycles. The summed E-state index contributed by atoms with van der Waals surface area (Å²) in [5.41, 5.74) is 4.35. The number of aromatic amines is 1. The third kappa shape index (κ3) is 1.11. The molecule has 1 N–H and O–H groups in total. The Kier molecular flexibility index (Phi) is 1.71. The van der Waals surface area contributed by atoms with Gasteiger partial charge in [0.1, 0.15) is 0 Å². The third-order valence-corrected chi connectivity index (χ3v) is 4.20. The molecule has 1 fully saturated rings. The second-order valence-corrected chi connectivity index (χ2v) is 5.10. The fourth-order valence-electron chi connectivity index (χ4n) is 3.40. The highest BCUT2D eigenvalue weighted by Gasteiger charge is 2.31. The number of H-pyrrole nitrogens is 1. The average molecular weight is 212 g/mol. The van der Waals surface area contributed by atoms with Gasteiger partial charge < -0.3 is 4.98 Å². The van der Waals surface area contributed by atoms with E-state index in [0.717, 1.165) is 12.6 Å². The van der Waals surface area contributed by atoms with Crippen LogP contribution in [0.25, 0.3) is 10.9 Å². The summed E-state index contributed by atoms with van der Waals surface area (Å²) in [6, 6.07) is 9.53. The molecule has 0 radical (unpaired) electrons. The monoisotopic (exact) mass is 212 g/mol. The predicted molar refractivity (Wildman–Crippen MR) is 65.4 cm³/mol. The van der Waals surface area contributed by atoms with Crippen molar-refractivity contribution in [2.45, 2.75) is 31.8 Å². The fraction of sp³-hybridized carbons (Fsp3) is 0.429. The Morgan fingerprint density at radius 3 is 3.19 bits per heavy atom. The maximum absolute atomic E-state index is 3.59. The Hall–Kier alpha value is -1.28. The smallest absolute Gasteiger partial charge is 0.0459 e. The minimum atomic E-state index is 0.812. The van der Waals surface area contributed by atoms with Crippen molar-refractivity contribution in [2.24, 2.45) is 0 Å². The molecule has 1 atom stereocenters. The van der Waals surface area contributed by atoms with E-state index in [9.17, 15) is 0 Å². The summed E-state index contributed by atoms with van der Waals surface area (Å²) < 4.78 is 0. The van der Waals surface area contributed by atoms with Crippen molar-refractivity contribution >= 4 is 10.9 Å². The number of benzene rings is 1. The average Bonchev–Trinajstić information content (AvgIpc) is 2.88. The maximum atomic E-state index is 3.59. The minimum Gasteiger partial charge on any atom is -0.357 e. The first kappa shape index (κ1) is 8.82. The first-order chi connectivity index (χ1) is 7.92. The predicted octanol–water partition coefficient (Wildman–Crippen LogP) is 2.69. The van der Waals surface area contributed by atoms with E-state index in [1.54, 1.807) is 5.56 Å². The molecule has 2 aromatic rings. The number of hydrogen-bond acceptors (Lipinski definition) is 1. The highest BCUT2D eigenvalue weighted by molar-refractivity contribution is 5.84. The summed E-state index contributed by atoms with van der Waals surface area (Å²) in [6.45, 7) is 2.42. The lowest BCUT2D eigenvalue weighted by molar-refractivity contribution is 0.225. The van der Waals surface area contributed by atoms with E-state index < -0.39 is 0 Å². The lowest BCUT2D eigenvalue weighted by Crippen LogP contribution is -2.34. The van der Waals surface area contributed by atoms with Gasteiger partial charge >= 0.3 is 0 Å². The van der Waals surface area contributed by atoms with Gasteiger partial charge in [0.15, 0.2) is 0 Å². The van der Waals surface area contributed by atoms with E-state index in [0.29, 0.717) is 0 Å². The maximum Gasteiger partial charge on any atom is 0.0459 e. The van der Waals surface area contributed by atoms with Crippen molar-refractivity contribution in [1.82, 2.24) is 9.88 Å². The van der Waals surface area contributed by atoms with E-state index in [2.05, 4.69) is 34.1 Å². The molecule has 2 heteroatoms. The second-order valence-electron chi connectivity index (χ2n) is 5.10. The summed E-state index contributed by atoms with van der Waals surface area (Å²) in [6.07, 6.45) is 4.02. The number of fused-ring (bicyclic) bond motifs is 4. The normalized spacial score (nSPS) is 24.6. The summed E-state index contributed by atoms with van der Waals surface area (Å²) >= 11 is 0. The van der Waals surface area contributed by atoms with E-state index >= 15 is 0 Å². The summed E-state index contributed by atoms with van der Waals surface area (Å²) in [5.74, 6) is 0. The van der Waals surface area contributed by atoms with Gasteiger partial charge in [0.2, 0.25) is 0 Å². The van der Waals surface area contributed by atoms with Crippen molar-refractivity contribution in [3.05, 3.63) is 35.5 Å². The summed E-state index contributed by atoms with van der Waals surface area (Å²) in [4.78, 5) is 6.22. The second kappa shape index (κ2) is 3.11. The standard InChI is InChI=1S/C14H16N2/c1-2-6-13-11(5-1)12-8-10-4-3-7-16(10)9-14(12)15-13/h1-2,5-6,10,15H,3-4,7-9H2. The SMILES string of the molecule is c1ccc2c3c([nH]c2c1)CN1CCCC1C3. The zero-order valence-electron chi connectivity index (χ0n) is 9.37. The topological polar surface area (TPSA) is 19.0 Å². The highest BCUT2D eigenvalue weighted by atomic mass is 15.2. The molecule has 1 aromatic carbocycles. The first-order valence-electron chi connectivity index (χ1n) is 6.24. The molecule has 0 bridgehead atoms. The van der Waals surface area contributed by atoms with Crippen LogP contribution in [-0.2, 0) is 13.0 Å². The minimum absolute atomic E-state index is 0.812. The summed E-state index contributed by atoms with van der Waals surface area (Å²) in [5, 5.41) is 1.45. The number of hydrogen-bond donors (Lipinski definition) is 1. The van der Waals surface area contributed by atoms with Crippen LogP contribution in [0.5, 0.6) is 0 Å². The first-order valence-corrected chi connectivity index (χ1v) is 6.24. The molecule has 2 nitrogen and oxygen atoms in total. The summed E-state index contributed by atoms with van der Waals surface area (Å²) in [7, 11) is 0. The molecular formula is C14H16N2. The van der Waals surface area contributed by atoms with Gasteiger partial charge in [0.25, 0.3) is 0 Å². The Labute approximate surface area is 95.3 Å². The fourth-order valence-corrected chi connectivity index (χ4v) is 3.40. The molecule has 3 heterocycles. The zero-order valence-corrected chi connectivity index (χ0v) is 9.37. The lowest BCUT2D eigenvalue weighted by atomic mass is 9.97. The van der Waals surface area contributed by atoms with Crippen molar-refractivity contribution in [1.29, 1.82) is 0 Å². The van der Waals surface area contributed by atoms with Crippen LogP contribution in [0.2, 0.25) is 0 Å². The van der Waals surface area contributed by atoms with Gasteiger partial charge in [-0.2, -0.15) is 0 Å². The molecule has 0 saturated carbocycles. The Morgan fingerprint density at radius 2 is 2.19 bits per heavy atom. The molecule has 2 aliphatic heterocycles. The van der Waals surface area contributed by atoms with E-state index in [4.69, 9.17) is 0 Å².